The molecule has 2 fully saturated rings. The predicted octanol–water partition coefficient (Wildman–Crippen LogP) is 0.123. The molecule has 0 aromatic carbocycles. The molecular weight excluding hydrogens is 332 g/mol. The minimum Gasteiger partial charge on any atom is -0.354 e. The van der Waals surface area contributed by atoms with E-state index in [4.69, 9.17) is 5.73 Å². The van der Waals surface area contributed by atoms with Crippen LogP contribution < -0.4 is 11.1 Å². The van der Waals surface area contributed by atoms with Crippen molar-refractivity contribution in [1.82, 2.24) is 15.1 Å². The van der Waals surface area contributed by atoms with Crippen molar-refractivity contribution in [2.75, 3.05) is 33.2 Å². The molecule has 2 aliphatic rings. The molecular formula is C16H29ClN4O3. The van der Waals surface area contributed by atoms with Crippen molar-refractivity contribution in [2.45, 2.75) is 44.6 Å². The number of likely N-dealkylation sites (tertiary alicyclic amines) is 2. The van der Waals surface area contributed by atoms with Gasteiger partial charge in [0.25, 0.3) is 0 Å². The standard InChI is InChI=1S/C16H28N4O3.ClH/c1-19-9-6-12(10-15(19)22)16(23)20-8-3-2-4-13(20)11-18-14(21)5-7-17;/h12-13H,2-11,17H2,1H3,(H,18,21);1H. The SMILES string of the molecule is CN1CCC(C(=O)N2CCCCC2CNC(=O)CCN)CC1=O.Cl. The van der Waals surface area contributed by atoms with Gasteiger partial charge >= 0.3 is 0 Å². The Morgan fingerprint density at radius 1 is 1.25 bits per heavy atom. The highest BCUT2D eigenvalue weighted by Crippen LogP contribution is 2.24. The van der Waals surface area contributed by atoms with E-state index in [9.17, 15) is 14.4 Å². The van der Waals surface area contributed by atoms with Gasteiger partial charge in [-0.2, -0.15) is 0 Å². The summed E-state index contributed by atoms with van der Waals surface area (Å²) in [5.41, 5.74) is 5.37. The van der Waals surface area contributed by atoms with Gasteiger partial charge in [-0.15, -0.1) is 12.4 Å². The van der Waals surface area contributed by atoms with Crippen LogP contribution in [0.5, 0.6) is 0 Å². The summed E-state index contributed by atoms with van der Waals surface area (Å²) in [6.07, 6.45) is 4.29. The monoisotopic (exact) mass is 360 g/mol. The summed E-state index contributed by atoms with van der Waals surface area (Å²) in [6, 6.07) is 0.0349. The Balaban J connectivity index is 0.00000288. The number of nitrogens with one attached hydrogen (secondary N) is 1. The minimum atomic E-state index is -0.209. The fourth-order valence-electron chi connectivity index (χ4n) is 3.34. The van der Waals surface area contributed by atoms with Crippen LogP contribution in [0, 0.1) is 5.92 Å². The molecule has 138 valence electrons. The fourth-order valence-corrected chi connectivity index (χ4v) is 3.34. The first-order chi connectivity index (χ1) is 11.0. The molecule has 0 radical (unpaired) electrons. The largest absolute Gasteiger partial charge is 0.354 e. The maximum Gasteiger partial charge on any atom is 0.226 e. The molecule has 2 heterocycles. The maximum atomic E-state index is 12.8. The molecule has 2 aliphatic heterocycles. The topological polar surface area (TPSA) is 95.7 Å². The zero-order valence-corrected chi connectivity index (χ0v) is 15.1. The zero-order chi connectivity index (χ0) is 16.8. The number of carbonyl (C=O) groups is 3. The van der Waals surface area contributed by atoms with Gasteiger partial charge in [0.15, 0.2) is 0 Å². The highest BCUT2D eigenvalue weighted by Gasteiger charge is 2.35. The summed E-state index contributed by atoms with van der Waals surface area (Å²) >= 11 is 0. The van der Waals surface area contributed by atoms with E-state index < -0.39 is 0 Å². The molecule has 3 amide bonds. The Morgan fingerprint density at radius 3 is 2.67 bits per heavy atom. The summed E-state index contributed by atoms with van der Waals surface area (Å²) in [6.45, 7) is 2.17. The number of carbonyl (C=O) groups excluding carboxylic acids is 3. The van der Waals surface area contributed by atoms with Gasteiger partial charge in [-0.25, -0.2) is 0 Å². The third-order valence-electron chi connectivity index (χ3n) is 4.83. The zero-order valence-electron chi connectivity index (χ0n) is 14.3. The lowest BCUT2D eigenvalue weighted by atomic mass is 9.92. The second-order valence-electron chi connectivity index (χ2n) is 6.53. The van der Waals surface area contributed by atoms with Gasteiger partial charge in [0.05, 0.1) is 0 Å². The van der Waals surface area contributed by atoms with Gasteiger partial charge in [-0.1, -0.05) is 0 Å². The Labute approximate surface area is 149 Å². The number of nitrogens with zero attached hydrogens (tertiary/aromatic N) is 2. The first kappa shape index (κ1) is 20.7. The van der Waals surface area contributed by atoms with Crippen LogP contribution in [0.3, 0.4) is 0 Å². The van der Waals surface area contributed by atoms with Crippen molar-refractivity contribution in [2.24, 2.45) is 11.7 Å². The maximum absolute atomic E-state index is 12.8. The molecule has 0 bridgehead atoms. The van der Waals surface area contributed by atoms with Crippen LogP contribution >= 0.6 is 12.4 Å². The second kappa shape index (κ2) is 9.84. The number of nitrogens with two attached hydrogens (primary N) is 1. The number of amides is 3. The molecule has 2 saturated heterocycles. The number of hydrogen-bond acceptors (Lipinski definition) is 4. The summed E-state index contributed by atoms with van der Waals surface area (Å²) in [4.78, 5) is 39.8. The molecule has 0 aromatic heterocycles. The highest BCUT2D eigenvalue weighted by atomic mass is 35.5. The average Bonchev–Trinajstić information content (AvgIpc) is 2.55. The third-order valence-corrected chi connectivity index (χ3v) is 4.83. The van der Waals surface area contributed by atoms with E-state index in [1.54, 1.807) is 11.9 Å². The van der Waals surface area contributed by atoms with E-state index in [1.807, 2.05) is 4.90 Å². The first-order valence-electron chi connectivity index (χ1n) is 8.54. The molecule has 0 aliphatic carbocycles. The number of rotatable bonds is 5. The van der Waals surface area contributed by atoms with E-state index in [0.717, 1.165) is 32.2 Å². The van der Waals surface area contributed by atoms with Crippen LogP contribution in [-0.2, 0) is 14.4 Å². The van der Waals surface area contributed by atoms with Gasteiger partial charge in [0, 0.05) is 58.0 Å². The fraction of sp³-hybridized carbons (Fsp3) is 0.812. The predicted molar refractivity (Wildman–Crippen MR) is 93.6 cm³/mol. The lowest BCUT2D eigenvalue weighted by Crippen LogP contribution is -2.53. The lowest BCUT2D eigenvalue weighted by molar-refractivity contribution is -0.147. The Kier molecular flexibility index (Phi) is 8.48. The molecule has 2 unspecified atom stereocenters. The van der Waals surface area contributed by atoms with E-state index in [2.05, 4.69) is 5.32 Å². The molecule has 0 saturated carbocycles. The van der Waals surface area contributed by atoms with Crippen molar-refractivity contribution in [3.8, 4) is 0 Å². The molecule has 7 nitrogen and oxygen atoms in total. The van der Waals surface area contributed by atoms with E-state index in [1.165, 1.54) is 0 Å². The average molecular weight is 361 g/mol. The van der Waals surface area contributed by atoms with E-state index in [-0.39, 0.29) is 42.1 Å². The summed E-state index contributed by atoms with van der Waals surface area (Å²) in [5.74, 6) is -0.164. The van der Waals surface area contributed by atoms with Crippen molar-refractivity contribution in [3.63, 3.8) is 0 Å². The van der Waals surface area contributed by atoms with Crippen LogP contribution in [0.1, 0.15) is 38.5 Å². The van der Waals surface area contributed by atoms with Crippen molar-refractivity contribution >= 4 is 30.1 Å². The van der Waals surface area contributed by atoms with Crippen LogP contribution in [-0.4, -0.2) is 66.8 Å². The van der Waals surface area contributed by atoms with Crippen molar-refractivity contribution < 1.29 is 14.4 Å². The highest BCUT2D eigenvalue weighted by molar-refractivity contribution is 5.87. The van der Waals surface area contributed by atoms with Gasteiger partial charge in [-0.3, -0.25) is 14.4 Å². The number of hydrogen-bond donors (Lipinski definition) is 2. The Morgan fingerprint density at radius 2 is 2.00 bits per heavy atom. The lowest BCUT2D eigenvalue weighted by Gasteiger charge is -2.39. The third kappa shape index (κ3) is 5.34. The molecule has 2 atom stereocenters. The van der Waals surface area contributed by atoms with Crippen LogP contribution in [0.15, 0.2) is 0 Å². The Hall–Kier alpha value is -1.34. The summed E-state index contributed by atoms with van der Waals surface area (Å²) in [5, 5.41) is 2.87. The van der Waals surface area contributed by atoms with E-state index >= 15 is 0 Å². The van der Waals surface area contributed by atoms with E-state index in [0.29, 0.717) is 32.5 Å². The first-order valence-corrected chi connectivity index (χ1v) is 8.54. The smallest absolute Gasteiger partial charge is 0.226 e. The van der Waals surface area contributed by atoms with Crippen molar-refractivity contribution in [1.29, 1.82) is 0 Å². The number of piperidine rings is 2. The number of halogens is 1. The molecule has 24 heavy (non-hydrogen) atoms. The van der Waals surface area contributed by atoms with Gasteiger partial charge in [0.2, 0.25) is 17.7 Å². The van der Waals surface area contributed by atoms with Crippen LogP contribution in [0.25, 0.3) is 0 Å². The van der Waals surface area contributed by atoms with Crippen molar-refractivity contribution in [3.05, 3.63) is 0 Å². The van der Waals surface area contributed by atoms with Gasteiger partial charge in [0.1, 0.15) is 0 Å². The normalized spacial score (nSPS) is 24.3. The molecule has 2 rings (SSSR count). The Bertz CT molecular complexity index is 461. The summed E-state index contributed by atoms with van der Waals surface area (Å²) < 4.78 is 0. The minimum absolute atomic E-state index is 0. The molecule has 0 aromatic rings. The molecule has 8 heteroatoms. The van der Waals surface area contributed by atoms with Crippen LogP contribution in [0.4, 0.5) is 0 Å². The summed E-state index contributed by atoms with van der Waals surface area (Å²) in [7, 11) is 1.78. The molecule has 0 spiro atoms. The van der Waals surface area contributed by atoms with Crippen LogP contribution in [0.2, 0.25) is 0 Å². The van der Waals surface area contributed by atoms with Gasteiger partial charge < -0.3 is 20.9 Å². The quantitative estimate of drug-likeness (QED) is 0.728. The van der Waals surface area contributed by atoms with Gasteiger partial charge in [-0.05, 0) is 25.7 Å². The molecule has 3 N–H and O–H groups in total. The second-order valence-corrected chi connectivity index (χ2v) is 6.53.